The van der Waals surface area contributed by atoms with Crippen molar-refractivity contribution in [3.05, 3.63) is 65.1 Å². The number of H-pyrrole nitrogens is 1. The molecule has 1 aromatic heterocycles. The van der Waals surface area contributed by atoms with Crippen LogP contribution in [-0.4, -0.2) is 47.2 Å². The number of amides is 3. The fourth-order valence-corrected chi connectivity index (χ4v) is 3.30. The van der Waals surface area contributed by atoms with Gasteiger partial charge in [0, 0.05) is 35.2 Å². The summed E-state index contributed by atoms with van der Waals surface area (Å²) in [7, 11) is 0. The number of halogens is 1. The highest BCUT2D eigenvalue weighted by atomic mass is 19.1. The minimum Gasteiger partial charge on any atom is -0.353 e. The number of anilines is 1. The van der Waals surface area contributed by atoms with Crippen molar-refractivity contribution >= 4 is 34.3 Å². The van der Waals surface area contributed by atoms with Gasteiger partial charge in [0.1, 0.15) is 11.5 Å². The maximum Gasteiger partial charge on any atom is 0.272 e. The molecule has 0 aliphatic carbocycles. The molecule has 148 valence electrons. The number of aryl methyl sites for hydroxylation is 1. The van der Waals surface area contributed by atoms with Gasteiger partial charge in [-0.1, -0.05) is 6.07 Å². The number of carbonyl (C=O) groups excluding carboxylic acids is 3. The van der Waals surface area contributed by atoms with E-state index in [4.69, 9.17) is 0 Å². The first-order valence-electron chi connectivity index (χ1n) is 9.17. The molecule has 0 radical (unpaired) electrons. The molecule has 1 fully saturated rings. The highest BCUT2D eigenvalue weighted by molar-refractivity contribution is 6.07. The van der Waals surface area contributed by atoms with E-state index in [9.17, 15) is 18.8 Å². The normalized spacial score (nSPS) is 14.0. The third-order valence-electron chi connectivity index (χ3n) is 4.89. The Morgan fingerprint density at radius 1 is 1.14 bits per heavy atom. The van der Waals surface area contributed by atoms with Crippen molar-refractivity contribution in [1.82, 2.24) is 15.2 Å². The Morgan fingerprint density at radius 2 is 1.97 bits per heavy atom. The molecule has 0 spiro atoms. The fraction of sp³-hybridized carbons (Fsp3) is 0.190. The summed E-state index contributed by atoms with van der Waals surface area (Å²) in [5, 5.41) is 6.07. The first kappa shape index (κ1) is 18.7. The number of nitrogens with zero attached hydrogens (tertiary/aromatic N) is 1. The molecular weight excluding hydrogens is 375 g/mol. The highest BCUT2D eigenvalue weighted by Gasteiger charge is 2.23. The molecule has 3 aromatic rings. The van der Waals surface area contributed by atoms with Crippen LogP contribution in [0.2, 0.25) is 0 Å². The predicted octanol–water partition coefficient (Wildman–Crippen LogP) is 2.44. The van der Waals surface area contributed by atoms with Crippen LogP contribution in [0.1, 0.15) is 26.4 Å². The smallest absolute Gasteiger partial charge is 0.272 e. The molecule has 1 saturated heterocycles. The van der Waals surface area contributed by atoms with Crippen molar-refractivity contribution < 1.29 is 18.8 Å². The van der Waals surface area contributed by atoms with Crippen molar-refractivity contribution in [2.45, 2.75) is 6.92 Å². The zero-order valence-corrected chi connectivity index (χ0v) is 15.7. The van der Waals surface area contributed by atoms with Gasteiger partial charge in [-0.05, 0) is 48.9 Å². The molecule has 3 N–H and O–H groups in total. The number of piperazine rings is 1. The summed E-state index contributed by atoms with van der Waals surface area (Å²) in [4.78, 5) is 41.3. The second-order valence-corrected chi connectivity index (χ2v) is 6.98. The van der Waals surface area contributed by atoms with E-state index in [1.54, 1.807) is 30.3 Å². The summed E-state index contributed by atoms with van der Waals surface area (Å²) in [5.74, 6) is -1.24. The molecule has 8 heteroatoms. The molecule has 0 saturated carbocycles. The minimum absolute atomic E-state index is 0.0139. The lowest BCUT2D eigenvalue weighted by Crippen LogP contribution is -2.49. The summed E-state index contributed by atoms with van der Waals surface area (Å²) >= 11 is 0. The molecule has 1 aliphatic heterocycles. The number of rotatable bonds is 3. The number of aromatic nitrogens is 1. The average Bonchev–Trinajstić information content (AvgIpc) is 3.12. The molecule has 7 nitrogen and oxygen atoms in total. The predicted molar refractivity (Wildman–Crippen MR) is 106 cm³/mol. The number of carbonyl (C=O) groups is 3. The van der Waals surface area contributed by atoms with Gasteiger partial charge in [0.25, 0.3) is 11.8 Å². The summed E-state index contributed by atoms with van der Waals surface area (Å²) in [6.45, 7) is 2.69. The van der Waals surface area contributed by atoms with Crippen LogP contribution >= 0.6 is 0 Å². The van der Waals surface area contributed by atoms with E-state index in [1.807, 2.05) is 6.92 Å². The summed E-state index contributed by atoms with van der Waals surface area (Å²) in [5.41, 5.74) is 2.61. The van der Waals surface area contributed by atoms with E-state index < -0.39 is 5.91 Å². The summed E-state index contributed by atoms with van der Waals surface area (Å²) in [6.07, 6.45) is 0. The monoisotopic (exact) mass is 394 g/mol. The third kappa shape index (κ3) is 3.82. The Hall–Kier alpha value is -3.68. The molecule has 0 atom stereocenters. The average molecular weight is 394 g/mol. The van der Waals surface area contributed by atoms with Gasteiger partial charge >= 0.3 is 0 Å². The second kappa shape index (κ2) is 7.38. The van der Waals surface area contributed by atoms with Crippen LogP contribution in [-0.2, 0) is 4.79 Å². The highest BCUT2D eigenvalue weighted by Crippen LogP contribution is 2.21. The standard InChI is InChI=1S/C21H19FN4O3/c1-12-2-3-13(21(29)26-7-6-23-19(27)11-26)9-17(12)25-20(28)18-10-14-8-15(22)4-5-16(14)24-18/h2-5,8-10,24H,6-7,11H2,1H3,(H,23,27)(H,25,28). The molecule has 1 aliphatic rings. The SMILES string of the molecule is Cc1ccc(C(=O)N2CCNC(=O)C2)cc1NC(=O)c1cc2cc(F)ccc2[nH]1. The number of fused-ring (bicyclic) bond motifs is 1. The summed E-state index contributed by atoms with van der Waals surface area (Å²) < 4.78 is 13.4. The van der Waals surface area contributed by atoms with Gasteiger partial charge in [0.05, 0.1) is 6.54 Å². The van der Waals surface area contributed by atoms with E-state index in [1.165, 1.54) is 17.0 Å². The Morgan fingerprint density at radius 3 is 2.76 bits per heavy atom. The van der Waals surface area contributed by atoms with Crippen molar-refractivity contribution in [3.63, 3.8) is 0 Å². The number of hydrogen-bond acceptors (Lipinski definition) is 3. The van der Waals surface area contributed by atoms with Crippen molar-refractivity contribution in [2.24, 2.45) is 0 Å². The lowest BCUT2D eigenvalue weighted by Gasteiger charge is -2.27. The zero-order chi connectivity index (χ0) is 20.5. The second-order valence-electron chi connectivity index (χ2n) is 6.98. The maximum atomic E-state index is 13.4. The van der Waals surface area contributed by atoms with Crippen LogP contribution < -0.4 is 10.6 Å². The lowest BCUT2D eigenvalue weighted by atomic mass is 10.1. The third-order valence-corrected chi connectivity index (χ3v) is 4.89. The minimum atomic E-state index is -0.397. The Kier molecular flexibility index (Phi) is 4.75. The molecule has 2 heterocycles. The Labute approximate surface area is 165 Å². The van der Waals surface area contributed by atoms with E-state index in [2.05, 4.69) is 15.6 Å². The van der Waals surface area contributed by atoms with Crippen molar-refractivity contribution in [1.29, 1.82) is 0 Å². The Balaban J connectivity index is 1.56. The fourth-order valence-electron chi connectivity index (χ4n) is 3.30. The number of aromatic amines is 1. The molecule has 2 aromatic carbocycles. The number of hydrogen-bond donors (Lipinski definition) is 3. The molecule has 29 heavy (non-hydrogen) atoms. The quantitative estimate of drug-likeness (QED) is 0.637. The Bertz CT molecular complexity index is 1140. The van der Waals surface area contributed by atoms with Gasteiger partial charge in [0.15, 0.2) is 0 Å². The van der Waals surface area contributed by atoms with Gasteiger partial charge < -0.3 is 20.5 Å². The van der Waals surface area contributed by atoms with Gasteiger partial charge in [-0.25, -0.2) is 4.39 Å². The van der Waals surface area contributed by atoms with Crippen LogP contribution in [0.4, 0.5) is 10.1 Å². The number of nitrogens with one attached hydrogen (secondary N) is 3. The lowest BCUT2D eigenvalue weighted by molar-refractivity contribution is -0.123. The molecule has 3 amide bonds. The molecular formula is C21H19FN4O3. The first-order chi connectivity index (χ1) is 13.9. The zero-order valence-electron chi connectivity index (χ0n) is 15.7. The van der Waals surface area contributed by atoms with Gasteiger partial charge in [-0.15, -0.1) is 0 Å². The van der Waals surface area contributed by atoms with E-state index in [0.29, 0.717) is 35.2 Å². The van der Waals surface area contributed by atoms with E-state index in [-0.39, 0.29) is 29.9 Å². The van der Waals surface area contributed by atoms with Crippen LogP contribution in [0.3, 0.4) is 0 Å². The van der Waals surface area contributed by atoms with Crippen LogP contribution in [0.15, 0.2) is 42.5 Å². The van der Waals surface area contributed by atoms with Gasteiger partial charge in [0.2, 0.25) is 5.91 Å². The molecule has 4 rings (SSSR count). The molecule has 0 unspecified atom stereocenters. The van der Waals surface area contributed by atoms with Crippen LogP contribution in [0.5, 0.6) is 0 Å². The largest absolute Gasteiger partial charge is 0.353 e. The van der Waals surface area contributed by atoms with E-state index >= 15 is 0 Å². The maximum absolute atomic E-state index is 13.4. The number of benzene rings is 2. The van der Waals surface area contributed by atoms with Crippen LogP contribution in [0.25, 0.3) is 10.9 Å². The molecule has 0 bridgehead atoms. The summed E-state index contributed by atoms with van der Waals surface area (Å²) in [6, 6.07) is 10.8. The van der Waals surface area contributed by atoms with Gasteiger partial charge in [-0.2, -0.15) is 0 Å². The van der Waals surface area contributed by atoms with E-state index in [0.717, 1.165) is 5.56 Å². The van der Waals surface area contributed by atoms with Crippen molar-refractivity contribution in [3.8, 4) is 0 Å². The van der Waals surface area contributed by atoms with Crippen molar-refractivity contribution in [2.75, 3.05) is 25.0 Å². The topological polar surface area (TPSA) is 94.3 Å². The van der Waals surface area contributed by atoms with Crippen LogP contribution in [0, 0.1) is 12.7 Å². The first-order valence-corrected chi connectivity index (χ1v) is 9.17. The van der Waals surface area contributed by atoms with Gasteiger partial charge in [-0.3, -0.25) is 14.4 Å².